The van der Waals surface area contributed by atoms with Crippen molar-refractivity contribution in [1.82, 2.24) is 0 Å². The molecule has 0 aliphatic carbocycles. The molecule has 6 heteroatoms. The number of aliphatic hydroxyl groups is 1. The largest absolute Gasteiger partial charge is 0.380 e. The van der Waals surface area contributed by atoms with Gasteiger partial charge in [0.25, 0.3) is 0 Å². The number of carbonyl (C=O) groups is 1. The van der Waals surface area contributed by atoms with Crippen LogP contribution in [0.3, 0.4) is 0 Å². The summed E-state index contributed by atoms with van der Waals surface area (Å²) < 4.78 is 15.1. The number of hydrogen-bond donors (Lipinski definition) is 2. The highest BCUT2D eigenvalue weighted by Gasteiger charge is 2.30. The molecule has 0 aliphatic rings. The molecule has 2 aromatic carbocycles. The van der Waals surface area contributed by atoms with Gasteiger partial charge in [-0.2, -0.15) is 0 Å². The standard InChI is InChI=1S/C14H12BrClFNO2/c1-14(20,13(18)19)6-7-5-9(15)11-8(12(7)17)3-2-4-10(11)16/h2-5,20H,6H2,1H3,(H2,18,19). The Morgan fingerprint density at radius 1 is 1.55 bits per heavy atom. The highest BCUT2D eigenvalue weighted by Crippen LogP contribution is 2.35. The van der Waals surface area contributed by atoms with Crippen molar-refractivity contribution >= 4 is 44.2 Å². The highest BCUT2D eigenvalue weighted by atomic mass is 79.9. The molecule has 106 valence electrons. The van der Waals surface area contributed by atoms with E-state index in [-0.39, 0.29) is 12.0 Å². The van der Waals surface area contributed by atoms with Gasteiger partial charge in [0.2, 0.25) is 5.91 Å². The average Bonchev–Trinajstić information content (AvgIpc) is 2.34. The molecule has 1 amide bonds. The third-order valence-corrected chi connectivity index (χ3v) is 4.08. The molecule has 0 bridgehead atoms. The van der Waals surface area contributed by atoms with Crippen LogP contribution < -0.4 is 5.73 Å². The second kappa shape index (κ2) is 5.31. The molecular formula is C14H12BrClFNO2. The minimum atomic E-state index is -1.81. The topological polar surface area (TPSA) is 63.3 Å². The van der Waals surface area contributed by atoms with Crippen LogP contribution in [0.25, 0.3) is 10.8 Å². The van der Waals surface area contributed by atoms with E-state index in [1.54, 1.807) is 18.2 Å². The summed E-state index contributed by atoms with van der Waals surface area (Å²) in [5.74, 6) is -1.42. The van der Waals surface area contributed by atoms with E-state index >= 15 is 0 Å². The van der Waals surface area contributed by atoms with Crippen LogP contribution in [-0.4, -0.2) is 16.6 Å². The van der Waals surface area contributed by atoms with Gasteiger partial charge in [0.15, 0.2) is 0 Å². The number of rotatable bonds is 3. The summed E-state index contributed by atoms with van der Waals surface area (Å²) in [6.07, 6.45) is -0.213. The smallest absolute Gasteiger partial charge is 0.249 e. The number of primary amides is 1. The fourth-order valence-electron chi connectivity index (χ4n) is 2.00. The van der Waals surface area contributed by atoms with E-state index in [9.17, 15) is 14.3 Å². The van der Waals surface area contributed by atoms with Gasteiger partial charge in [0.05, 0.1) is 0 Å². The fraction of sp³-hybridized carbons (Fsp3) is 0.214. The number of benzene rings is 2. The van der Waals surface area contributed by atoms with Crippen molar-refractivity contribution in [2.45, 2.75) is 18.9 Å². The zero-order valence-electron chi connectivity index (χ0n) is 10.6. The molecule has 0 spiro atoms. The van der Waals surface area contributed by atoms with Gasteiger partial charge in [0, 0.05) is 26.7 Å². The zero-order chi connectivity index (χ0) is 15.1. The summed E-state index contributed by atoms with van der Waals surface area (Å²) in [5.41, 5.74) is 3.48. The molecule has 3 N–H and O–H groups in total. The summed E-state index contributed by atoms with van der Waals surface area (Å²) in [7, 11) is 0. The molecule has 0 heterocycles. The Bertz CT molecular complexity index is 703. The lowest BCUT2D eigenvalue weighted by atomic mass is 9.94. The molecule has 1 atom stereocenters. The van der Waals surface area contributed by atoms with E-state index in [4.69, 9.17) is 17.3 Å². The van der Waals surface area contributed by atoms with Gasteiger partial charge in [-0.3, -0.25) is 4.79 Å². The van der Waals surface area contributed by atoms with E-state index < -0.39 is 17.3 Å². The first-order chi connectivity index (χ1) is 9.24. The van der Waals surface area contributed by atoms with Crippen molar-refractivity contribution < 1.29 is 14.3 Å². The molecule has 1 unspecified atom stereocenters. The Kier molecular flexibility index (Phi) is 4.04. The van der Waals surface area contributed by atoms with Gasteiger partial charge < -0.3 is 10.8 Å². The molecule has 0 saturated carbocycles. The van der Waals surface area contributed by atoms with Gasteiger partial charge in [-0.05, 0) is 24.6 Å². The molecule has 2 rings (SSSR count). The SMILES string of the molecule is CC(O)(Cc1cc(Br)c2c(Cl)cccc2c1F)C(N)=O. The molecule has 0 fully saturated rings. The van der Waals surface area contributed by atoms with Crippen molar-refractivity contribution in [2.24, 2.45) is 5.73 Å². The van der Waals surface area contributed by atoms with Crippen molar-refractivity contribution in [1.29, 1.82) is 0 Å². The van der Waals surface area contributed by atoms with Crippen LogP contribution in [0.5, 0.6) is 0 Å². The van der Waals surface area contributed by atoms with Gasteiger partial charge in [0.1, 0.15) is 11.4 Å². The highest BCUT2D eigenvalue weighted by molar-refractivity contribution is 9.10. The molecule has 0 saturated heterocycles. The number of fused-ring (bicyclic) bond motifs is 1. The Morgan fingerprint density at radius 2 is 2.20 bits per heavy atom. The van der Waals surface area contributed by atoms with Crippen LogP contribution in [0.15, 0.2) is 28.7 Å². The number of halogens is 3. The van der Waals surface area contributed by atoms with Gasteiger partial charge in [-0.25, -0.2) is 4.39 Å². The Labute approximate surface area is 128 Å². The van der Waals surface area contributed by atoms with Gasteiger partial charge in [-0.15, -0.1) is 0 Å². The first-order valence-electron chi connectivity index (χ1n) is 5.81. The van der Waals surface area contributed by atoms with Crippen molar-refractivity contribution in [3.63, 3.8) is 0 Å². The number of nitrogens with two attached hydrogens (primary N) is 1. The van der Waals surface area contributed by atoms with E-state index in [1.807, 2.05) is 0 Å². The van der Waals surface area contributed by atoms with Crippen LogP contribution in [0.2, 0.25) is 5.02 Å². The minimum Gasteiger partial charge on any atom is -0.380 e. The molecular weight excluding hydrogens is 349 g/mol. The molecule has 3 nitrogen and oxygen atoms in total. The third kappa shape index (κ3) is 2.66. The van der Waals surface area contributed by atoms with E-state index in [1.165, 1.54) is 13.0 Å². The van der Waals surface area contributed by atoms with Crippen LogP contribution in [0, 0.1) is 5.82 Å². The Morgan fingerprint density at radius 3 is 2.80 bits per heavy atom. The van der Waals surface area contributed by atoms with E-state index in [0.29, 0.717) is 20.3 Å². The van der Waals surface area contributed by atoms with E-state index in [2.05, 4.69) is 15.9 Å². The maximum Gasteiger partial charge on any atom is 0.249 e. The van der Waals surface area contributed by atoms with Crippen molar-refractivity contribution in [3.8, 4) is 0 Å². The number of hydrogen-bond acceptors (Lipinski definition) is 2. The Hall–Kier alpha value is -1.17. The van der Waals surface area contributed by atoms with Crippen LogP contribution >= 0.6 is 27.5 Å². The first-order valence-corrected chi connectivity index (χ1v) is 6.98. The molecule has 0 aliphatic heterocycles. The quantitative estimate of drug-likeness (QED) is 0.883. The first kappa shape index (κ1) is 15.2. The molecule has 2 aromatic rings. The van der Waals surface area contributed by atoms with Crippen LogP contribution in [0.1, 0.15) is 12.5 Å². The summed E-state index contributed by atoms with van der Waals surface area (Å²) in [6.45, 7) is 1.25. The lowest BCUT2D eigenvalue weighted by Crippen LogP contribution is -2.43. The summed E-state index contributed by atoms with van der Waals surface area (Å²) in [6, 6.07) is 6.38. The van der Waals surface area contributed by atoms with Crippen molar-refractivity contribution in [2.75, 3.05) is 0 Å². The van der Waals surface area contributed by atoms with Crippen LogP contribution in [-0.2, 0) is 11.2 Å². The minimum absolute atomic E-state index is 0.190. The van der Waals surface area contributed by atoms with Crippen LogP contribution in [0.4, 0.5) is 4.39 Å². The van der Waals surface area contributed by atoms with Crippen molar-refractivity contribution in [3.05, 3.63) is 45.1 Å². The molecule has 20 heavy (non-hydrogen) atoms. The summed E-state index contributed by atoms with van der Waals surface area (Å²) in [4.78, 5) is 11.2. The molecule has 0 radical (unpaired) electrons. The third-order valence-electron chi connectivity index (χ3n) is 3.14. The van der Waals surface area contributed by atoms with Gasteiger partial charge >= 0.3 is 0 Å². The lowest BCUT2D eigenvalue weighted by molar-refractivity contribution is -0.134. The second-order valence-electron chi connectivity index (χ2n) is 4.81. The average molecular weight is 361 g/mol. The maximum atomic E-state index is 14.5. The number of carbonyl (C=O) groups excluding carboxylic acids is 1. The Balaban J connectivity index is 2.63. The number of amides is 1. The maximum absolute atomic E-state index is 14.5. The van der Waals surface area contributed by atoms with Gasteiger partial charge in [-0.1, -0.05) is 39.7 Å². The predicted molar refractivity (Wildman–Crippen MR) is 80.1 cm³/mol. The predicted octanol–water partition coefficient (Wildman–Crippen LogP) is 3.17. The lowest BCUT2D eigenvalue weighted by Gasteiger charge is -2.20. The normalized spacial score (nSPS) is 14.2. The van der Waals surface area contributed by atoms with E-state index in [0.717, 1.165) is 0 Å². The zero-order valence-corrected chi connectivity index (χ0v) is 12.9. The molecule has 0 aromatic heterocycles. The fourth-order valence-corrected chi connectivity index (χ4v) is 3.09. The summed E-state index contributed by atoms with van der Waals surface area (Å²) >= 11 is 9.38. The second-order valence-corrected chi connectivity index (χ2v) is 6.07. The summed E-state index contributed by atoms with van der Waals surface area (Å²) in [5, 5.41) is 11.2. The monoisotopic (exact) mass is 359 g/mol.